The molecule has 0 aliphatic heterocycles. The summed E-state index contributed by atoms with van der Waals surface area (Å²) in [4.78, 5) is 0. The van der Waals surface area contributed by atoms with E-state index in [-0.39, 0.29) is 5.82 Å². The van der Waals surface area contributed by atoms with Crippen LogP contribution in [0.1, 0.15) is 5.56 Å². The third kappa shape index (κ3) is 2.34. The lowest BCUT2D eigenvalue weighted by Gasteiger charge is -2.05. The Kier molecular flexibility index (Phi) is 2.68. The maximum Gasteiger partial charge on any atom is 0.130 e. The van der Waals surface area contributed by atoms with Crippen LogP contribution in [0, 0.1) is 12.7 Å². The fourth-order valence-corrected chi connectivity index (χ4v) is 1.22. The summed E-state index contributed by atoms with van der Waals surface area (Å²) in [6.45, 7) is 3.54. The predicted molar refractivity (Wildman–Crippen MR) is 57.4 cm³/mol. The SMILES string of the molecule is [CH2]c1ccc(Oc2ccccc2)cc1F. The van der Waals surface area contributed by atoms with E-state index in [4.69, 9.17) is 4.74 Å². The van der Waals surface area contributed by atoms with Crippen LogP contribution in [-0.2, 0) is 0 Å². The van der Waals surface area contributed by atoms with Gasteiger partial charge in [-0.3, -0.25) is 0 Å². The third-order valence-electron chi connectivity index (χ3n) is 2.00. The molecule has 0 aliphatic rings. The predicted octanol–water partition coefficient (Wildman–Crippen LogP) is 3.80. The van der Waals surface area contributed by atoms with Crippen molar-refractivity contribution in [2.24, 2.45) is 0 Å². The summed E-state index contributed by atoms with van der Waals surface area (Å²) in [6, 6.07) is 13.9. The summed E-state index contributed by atoms with van der Waals surface area (Å²) in [5, 5.41) is 0. The van der Waals surface area contributed by atoms with Crippen LogP contribution in [0.5, 0.6) is 11.5 Å². The number of halogens is 1. The van der Waals surface area contributed by atoms with Crippen LogP contribution in [0.15, 0.2) is 48.5 Å². The summed E-state index contributed by atoms with van der Waals surface area (Å²) in [5.41, 5.74) is 0.371. The Morgan fingerprint density at radius 2 is 1.67 bits per heavy atom. The first-order valence-corrected chi connectivity index (χ1v) is 4.60. The molecule has 0 N–H and O–H groups in total. The molecule has 0 amide bonds. The fourth-order valence-electron chi connectivity index (χ4n) is 1.22. The van der Waals surface area contributed by atoms with Crippen LogP contribution >= 0.6 is 0 Å². The smallest absolute Gasteiger partial charge is 0.130 e. The van der Waals surface area contributed by atoms with Crippen molar-refractivity contribution < 1.29 is 9.13 Å². The second-order valence-electron chi connectivity index (χ2n) is 3.17. The van der Waals surface area contributed by atoms with Gasteiger partial charge < -0.3 is 4.74 Å². The van der Waals surface area contributed by atoms with Crippen molar-refractivity contribution in [3.63, 3.8) is 0 Å². The minimum atomic E-state index is -0.358. The van der Waals surface area contributed by atoms with E-state index in [2.05, 4.69) is 6.92 Å². The summed E-state index contributed by atoms with van der Waals surface area (Å²) in [7, 11) is 0. The monoisotopic (exact) mass is 201 g/mol. The number of para-hydroxylation sites is 1. The molecule has 0 atom stereocenters. The van der Waals surface area contributed by atoms with Gasteiger partial charge in [0.25, 0.3) is 0 Å². The van der Waals surface area contributed by atoms with Crippen LogP contribution in [0.25, 0.3) is 0 Å². The van der Waals surface area contributed by atoms with E-state index in [0.717, 1.165) is 0 Å². The Bertz CT molecular complexity index is 451. The van der Waals surface area contributed by atoms with E-state index in [1.54, 1.807) is 12.1 Å². The average Bonchev–Trinajstić information content (AvgIpc) is 2.25. The summed E-state index contributed by atoms with van der Waals surface area (Å²) < 4.78 is 18.6. The minimum absolute atomic E-state index is 0.358. The topological polar surface area (TPSA) is 9.23 Å². The highest BCUT2D eigenvalue weighted by Crippen LogP contribution is 2.22. The van der Waals surface area contributed by atoms with Gasteiger partial charge in [0.15, 0.2) is 0 Å². The fraction of sp³-hybridized carbons (Fsp3) is 0. The van der Waals surface area contributed by atoms with Gasteiger partial charge in [0.1, 0.15) is 17.3 Å². The van der Waals surface area contributed by atoms with Crippen molar-refractivity contribution in [2.45, 2.75) is 0 Å². The Balaban J connectivity index is 2.22. The molecule has 0 unspecified atom stereocenters. The van der Waals surface area contributed by atoms with E-state index >= 15 is 0 Å². The summed E-state index contributed by atoms with van der Waals surface area (Å²) >= 11 is 0. The third-order valence-corrected chi connectivity index (χ3v) is 2.00. The van der Waals surface area contributed by atoms with E-state index < -0.39 is 0 Å². The van der Waals surface area contributed by atoms with E-state index in [0.29, 0.717) is 17.1 Å². The van der Waals surface area contributed by atoms with Crippen molar-refractivity contribution in [2.75, 3.05) is 0 Å². The molecule has 15 heavy (non-hydrogen) atoms. The minimum Gasteiger partial charge on any atom is -0.457 e. The van der Waals surface area contributed by atoms with Gasteiger partial charge in [0.05, 0.1) is 0 Å². The van der Waals surface area contributed by atoms with Crippen LogP contribution in [0.4, 0.5) is 4.39 Å². The molecule has 0 aromatic heterocycles. The summed E-state index contributed by atoms with van der Waals surface area (Å²) in [5.74, 6) is 0.809. The van der Waals surface area contributed by atoms with Gasteiger partial charge in [-0.1, -0.05) is 24.3 Å². The highest BCUT2D eigenvalue weighted by atomic mass is 19.1. The van der Waals surface area contributed by atoms with E-state index in [1.807, 2.05) is 30.3 Å². The van der Waals surface area contributed by atoms with Gasteiger partial charge in [-0.25, -0.2) is 4.39 Å². The molecular weight excluding hydrogens is 191 g/mol. The van der Waals surface area contributed by atoms with Crippen LogP contribution in [0.3, 0.4) is 0 Å². The average molecular weight is 201 g/mol. The Hall–Kier alpha value is -1.83. The van der Waals surface area contributed by atoms with Crippen molar-refractivity contribution >= 4 is 0 Å². The molecule has 0 saturated heterocycles. The lowest BCUT2D eigenvalue weighted by Crippen LogP contribution is -1.86. The van der Waals surface area contributed by atoms with Gasteiger partial charge >= 0.3 is 0 Å². The second-order valence-corrected chi connectivity index (χ2v) is 3.17. The summed E-state index contributed by atoms with van der Waals surface area (Å²) in [6.07, 6.45) is 0. The normalized spacial score (nSPS) is 10.0. The van der Waals surface area contributed by atoms with Crippen LogP contribution in [-0.4, -0.2) is 0 Å². The van der Waals surface area contributed by atoms with E-state index in [9.17, 15) is 4.39 Å². The maximum atomic E-state index is 13.1. The van der Waals surface area contributed by atoms with Crippen molar-refractivity contribution in [3.8, 4) is 11.5 Å². The first kappa shape index (κ1) is 9.71. The molecule has 0 spiro atoms. The largest absolute Gasteiger partial charge is 0.457 e. The van der Waals surface area contributed by atoms with Crippen molar-refractivity contribution in [1.29, 1.82) is 0 Å². The quantitative estimate of drug-likeness (QED) is 0.718. The Labute approximate surface area is 88.1 Å². The van der Waals surface area contributed by atoms with Gasteiger partial charge in [-0.05, 0) is 30.7 Å². The molecule has 1 radical (unpaired) electrons. The highest BCUT2D eigenvalue weighted by molar-refractivity contribution is 5.34. The molecule has 0 aliphatic carbocycles. The lowest BCUT2D eigenvalue weighted by atomic mass is 10.2. The highest BCUT2D eigenvalue weighted by Gasteiger charge is 2.00. The second kappa shape index (κ2) is 4.13. The molecule has 0 bridgehead atoms. The number of hydrogen-bond acceptors (Lipinski definition) is 1. The Morgan fingerprint density at radius 1 is 0.933 bits per heavy atom. The molecular formula is C13H10FO. The molecule has 1 nitrogen and oxygen atoms in total. The number of benzene rings is 2. The number of rotatable bonds is 2. The zero-order valence-electron chi connectivity index (χ0n) is 8.11. The standard InChI is InChI=1S/C13H10FO/c1-10-7-8-12(9-13(10)14)15-11-5-3-2-4-6-11/h2-9H,1H2. The molecule has 2 heteroatoms. The maximum absolute atomic E-state index is 13.1. The first-order chi connectivity index (χ1) is 7.25. The van der Waals surface area contributed by atoms with Crippen LogP contribution in [0.2, 0.25) is 0 Å². The van der Waals surface area contributed by atoms with Gasteiger partial charge in [-0.15, -0.1) is 0 Å². The number of ether oxygens (including phenoxy) is 1. The van der Waals surface area contributed by atoms with Crippen molar-refractivity contribution in [1.82, 2.24) is 0 Å². The van der Waals surface area contributed by atoms with Gasteiger partial charge in [0.2, 0.25) is 0 Å². The first-order valence-electron chi connectivity index (χ1n) is 4.60. The van der Waals surface area contributed by atoms with Crippen LogP contribution < -0.4 is 4.74 Å². The molecule has 2 aromatic carbocycles. The molecule has 0 saturated carbocycles. The van der Waals surface area contributed by atoms with Gasteiger partial charge in [0, 0.05) is 6.07 Å². The molecule has 75 valence electrons. The molecule has 2 aromatic rings. The lowest BCUT2D eigenvalue weighted by molar-refractivity contribution is 0.476. The molecule has 2 rings (SSSR count). The van der Waals surface area contributed by atoms with E-state index in [1.165, 1.54) is 6.07 Å². The zero-order valence-corrected chi connectivity index (χ0v) is 8.11. The molecule has 0 heterocycles. The van der Waals surface area contributed by atoms with Crippen molar-refractivity contribution in [3.05, 3.63) is 66.8 Å². The molecule has 0 fully saturated rings. The number of hydrogen-bond donors (Lipinski definition) is 0. The Morgan fingerprint density at radius 3 is 2.33 bits per heavy atom. The zero-order chi connectivity index (χ0) is 10.7. The van der Waals surface area contributed by atoms with Gasteiger partial charge in [-0.2, -0.15) is 0 Å².